The van der Waals surface area contributed by atoms with E-state index in [2.05, 4.69) is 48.6 Å². The monoisotopic (exact) mass is 266 g/mol. The van der Waals surface area contributed by atoms with Crippen LogP contribution in [0.25, 0.3) is 11.6 Å². The summed E-state index contributed by atoms with van der Waals surface area (Å²) >= 11 is 0. The molecule has 102 valence electrons. The van der Waals surface area contributed by atoms with Crippen molar-refractivity contribution in [2.45, 2.75) is 19.4 Å². The minimum absolute atomic E-state index is 0.246. The highest BCUT2D eigenvalue weighted by molar-refractivity contribution is 5.98. The number of allylic oxidation sites excluding steroid dienone is 4. The van der Waals surface area contributed by atoms with Crippen LogP contribution in [0.15, 0.2) is 60.4 Å². The first-order valence-electron chi connectivity index (χ1n) is 6.82. The van der Waals surface area contributed by atoms with Gasteiger partial charge in [-0.1, -0.05) is 36.4 Å². The van der Waals surface area contributed by atoms with Crippen LogP contribution in [0, 0.1) is 0 Å². The van der Waals surface area contributed by atoms with Crippen LogP contribution in [0.5, 0.6) is 0 Å². The summed E-state index contributed by atoms with van der Waals surface area (Å²) in [5.74, 6) is 0. The van der Waals surface area contributed by atoms with Crippen LogP contribution in [0.1, 0.15) is 25.0 Å². The molecule has 2 heteroatoms. The number of rotatable bonds is 4. The normalized spacial score (nSPS) is 23.3. The minimum atomic E-state index is -0.425. The molecule has 2 aliphatic rings. The van der Waals surface area contributed by atoms with E-state index < -0.39 is 5.60 Å². The highest BCUT2D eigenvalue weighted by atomic mass is 16.7. The van der Waals surface area contributed by atoms with Gasteiger partial charge in [-0.3, -0.25) is 0 Å². The molecule has 2 aliphatic carbocycles. The Morgan fingerprint density at radius 1 is 1.25 bits per heavy atom. The summed E-state index contributed by atoms with van der Waals surface area (Å²) in [4.78, 5) is 0. The summed E-state index contributed by atoms with van der Waals surface area (Å²) in [5, 5.41) is 0. The minimum Gasteiger partial charge on any atom is -0.475 e. The predicted molar refractivity (Wildman–Crippen MR) is 81.8 cm³/mol. The third-order valence-electron chi connectivity index (χ3n) is 3.57. The second-order valence-corrected chi connectivity index (χ2v) is 5.16. The van der Waals surface area contributed by atoms with Crippen molar-refractivity contribution < 1.29 is 9.47 Å². The highest BCUT2D eigenvalue weighted by Crippen LogP contribution is 2.41. The molecule has 1 atom stereocenters. The maximum Gasteiger partial charge on any atom is 0.189 e. The molecule has 0 amide bonds. The van der Waals surface area contributed by atoms with Crippen molar-refractivity contribution in [3.8, 4) is 0 Å². The molecule has 1 unspecified atom stereocenters. The Balaban J connectivity index is 1.83. The van der Waals surface area contributed by atoms with E-state index >= 15 is 0 Å². The van der Waals surface area contributed by atoms with E-state index in [0.717, 1.165) is 0 Å². The van der Waals surface area contributed by atoms with E-state index in [1.165, 1.54) is 22.3 Å². The van der Waals surface area contributed by atoms with Gasteiger partial charge in [0.2, 0.25) is 0 Å². The molecule has 0 aromatic heterocycles. The summed E-state index contributed by atoms with van der Waals surface area (Å²) in [6.07, 6.45) is 12.1. The summed E-state index contributed by atoms with van der Waals surface area (Å²) in [5.41, 5.74) is 4.62. The lowest BCUT2D eigenvalue weighted by Gasteiger charge is -2.27. The maximum atomic E-state index is 5.83. The van der Waals surface area contributed by atoms with Gasteiger partial charge in [-0.25, -0.2) is 0 Å². The number of ether oxygens (including phenoxy) is 2. The first-order valence-corrected chi connectivity index (χ1v) is 6.82. The van der Waals surface area contributed by atoms with Gasteiger partial charge in [0, 0.05) is 0 Å². The first-order chi connectivity index (χ1) is 9.72. The van der Waals surface area contributed by atoms with E-state index in [4.69, 9.17) is 9.47 Å². The molecule has 2 nitrogen and oxygen atoms in total. The van der Waals surface area contributed by atoms with Gasteiger partial charge < -0.3 is 9.47 Å². The Morgan fingerprint density at radius 2 is 2.10 bits per heavy atom. The molecular weight excluding hydrogens is 248 g/mol. The molecule has 3 rings (SSSR count). The quantitative estimate of drug-likeness (QED) is 0.459. The average molecular weight is 266 g/mol. The molecule has 0 heterocycles. The van der Waals surface area contributed by atoms with Crippen molar-refractivity contribution in [2.24, 2.45) is 0 Å². The Morgan fingerprint density at radius 3 is 2.95 bits per heavy atom. The van der Waals surface area contributed by atoms with Gasteiger partial charge in [-0.2, -0.15) is 0 Å². The lowest BCUT2D eigenvalue weighted by atomic mass is 9.90. The molecule has 0 saturated heterocycles. The maximum absolute atomic E-state index is 5.83. The molecule has 0 spiro atoms. The Labute approximate surface area is 119 Å². The van der Waals surface area contributed by atoms with E-state index in [9.17, 15) is 0 Å². The molecule has 0 bridgehead atoms. The zero-order valence-corrected chi connectivity index (χ0v) is 11.8. The zero-order chi connectivity index (χ0) is 14.0. The lowest BCUT2D eigenvalue weighted by molar-refractivity contribution is -0.0657. The van der Waals surface area contributed by atoms with Crippen molar-refractivity contribution in [3.05, 3.63) is 71.5 Å². The number of fused-ring (bicyclic) bond motifs is 3. The van der Waals surface area contributed by atoms with Crippen molar-refractivity contribution in [3.63, 3.8) is 0 Å². The van der Waals surface area contributed by atoms with Gasteiger partial charge in [0.05, 0.1) is 6.26 Å². The van der Waals surface area contributed by atoms with Gasteiger partial charge in [0.15, 0.2) is 6.79 Å². The van der Waals surface area contributed by atoms with E-state index in [1.54, 1.807) is 6.26 Å². The van der Waals surface area contributed by atoms with Crippen LogP contribution in [-0.4, -0.2) is 12.4 Å². The SMILES string of the molecule is CC=COCOC1(C)C=CC2=Cc3ccccc3C2=C1. The Kier molecular flexibility index (Phi) is 3.33. The fourth-order valence-electron chi connectivity index (χ4n) is 2.54. The Hall–Kier alpha value is -2.06. The third kappa shape index (κ3) is 2.35. The van der Waals surface area contributed by atoms with Gasteiger partial charge >= 0.3 is 0 Å². The Bertz CT molecular complexity index is 635. The van der Waals surface area contributed by atoms with Crippen molar-refractivity contribution >= 4 is 11.6 Å². The molecule has 0 aliphatic heterocycles. The topological polar surface area (TPSA) is 18.5 Å². The van der Waals surface area contributed by atoms with Gasteiger partial charge in [0.1, 0.15) is 5.60 Å². The molecular formula is C18H18O2. The largest absolute Gasteiger partial charge is 0.475 e. The van der Waals surface area contributed by atoms with Crippen molar-refractivity contribution in [1.29, 1.82) is 0 Å². The average Bonchev–Trinajstić information content (AvgIpc) is 2.82. The van der Waals surface area contributed by atoms with E-state index in [-0.39, 0.29) is 6.79 Å². The third-order valence-corrected chi connectivity index (χ3v) is 3.57. The fourth-order valence-corrected chi connectivity index (χ4v) is 2.54. The summed E-state index contributed by atoms with van der Waals surface area (Å²) in [7, 11) is 0. The fraction of sp³-hybridized carbons (Fsp3) is 0.222. The zero-order valence-electron chi connectivity index (χ0n) is 11.8. The number of benzene rings is 1. The predicted octanol–water partition coefficient (Wildman–Crippen LogP) is 4.32. The van der Waals surface area contributed by atoms with Crippen LogP contribution in [0.4, 0.5) is 0 Å². The van der Waals surface area contributed by atoms with Crippen LogP contribution in [0.2, 0.25) is 0 Å². The van der Waals surface area contributed by atoms with Gasteiger partial charge in [-0.05, 0) is 54.3 Å². The van der Waals surface area contributed by atoms with Crippen LogP contribution in [-0.2, 0) is 9.47 Å². The number of hydrogen-bond donors (Lipinski definition) is 0. The summed E-state index contributed by atoms with van der Waals surface area (Å²) in [6.45, 7) is 4.21. The molecule has 0 N–H and O–H groups in total. The first kappa shape index (κ1) is 12.9. The van der Waals surface area contributed by atoms with Crippen LogP contribution < -0.4 is 0 Å². The van der Waals surface area contributed by atoms with Crippen molar-refractivity contribution in [2.75, 3.05) is 6.79 Å². The number of hydrogen-bond acceptors (Lipinski definition) is 2. The molecule has 0 saturated carbocycles. The van der Waals surface area contributed by atoms with Crippen molar-refractivity contribution in [1.82, 2.24) is 0 Å². The standard InChI is InChI=1S/C18H18O2/c1-3-10-19-13-20-18(2)9-8-15-11-14-6-4-5-7-16(14)17(15)12-18/h3-12H,13H2,1-2H3. The highest BCUT2D eigenvalue weighted by Gasteiger charge is 2.28. The summed E-state index contributed by atoms with van der Waals surface area (Å²) < 4.78 is 11.1. The lowest BCUT2D eigenvalue weighted by Crippen LogP contribution is -2.26. The molecule has 0 radical (unpaired) electrons. The van der Waals surface area contributed by atoms with E-state index in [1.807, 2.05) is 19.9 Å². The molecule has 1 aromatic carbocycles. The van der Waals surface area contributed by atoms with E-state index in [0.29, 0.717) is 0 Å². The second-order valence-electron chi connectivity index (χ2n) is 5.16. The van der Waals surface area contributed by atoms with Crippen LogP contribution in [0.3, 0.4) is 0 Å². The summed E-state index contributed by atoms with van der Waals surface area (Å²) in [6, 6.07) is 8.43. The van der Waals surface area contributed by atoms with Crippen LogP contribution >= 0.6 is 0 Å². The second kappa shape index (κ2) is 5.14. The van der Waals surface area contributed by atoms with Gasteiger partial charge in [0.25, 0.3) is 0 Å². The van der Waals surface area contributed by atoms with Gasteiger partial charge in [-0.15, -0.1) is 0 Å². The molecule has 0 fully saturated rings. The smallest absolute Gasteiger partial charge is 0.189 e. The molecule has 20 heavy (non-hydrogen) atoms. The molecule has 1 aromatic rings.